The van der Waals surface area contributed by atoms with Crippen LogP contribution in [0.2, 0.25) is 5.02 Å². The zero-order valence-electron chi connectivity index (χ0n) is 23.8. The first-order valence-electron chi connectivity index (χ1n) is 13.4. The van der Waals surface area contributed by atoms with Gasteiger partial charge in [0.15, 0.2) is 23.0 Å². The highest BCUT2D eigenvalue weighted by Crippen LogP contribution is 2.47. The van der Waals surface area contributed by atoms with Gasteiger partial charge in [-0.05, 0) is 53.6 Å². The summed E-state index contributed by atoms with van der Waals surface area (Å²) in [4.78, 5) is 34.0. The summed E-state index contributed by atoms with van der Waals surface area (Å²) in [5.74, 6) is 0.998. The van der Waals surface area contributed by atoms with E-state index in [-0.39, 0.29) is 11.8 Å². The van der Waals surface area contributed by atoms with Crippen LogP contribution >= 0.6 is 11.6 Å². The Morgan fingerprint density at radius 1 is 0.805 bits per heavy atom. The van der Waals surface area contributed by atoms with Gasteiger partial charge in [0.2, 0.25) is 5.91 Å². The number of carbonyl (C=O) groups is 2. The number of hydrogen-bond acceptors (Lipinski definition) is 7. The summed E-state index contributed by atoms with van der Waals surface area (Å²) >= 11 is 6.22. The summed E-state index contributed by atoms with van der Waals surface area (Å²) in [6.07, 6.45) is 0. The Hall–Kier alpha value is -4.11. The van der Waals surface area contributed by atoms with Crippen LogP contribution < -0.4 is 23.8 Å². The van der Waals surface area contributed by atoms with Gasteiger partial charge in [0.05, 0.1) is 40.4 Å². The summed E-state index contributed by atoms with van der Waals surface area (Å²) in [7, 11) is 7.92. The molecule has 1 saturated heterocycles. The SMILES string of the molecule is COc1ccc([C@@H]2[C@H](C(=O)N3CCN(c4cccc(Cl)c4)CC3)c3cc(OC)c(OC)cc3C(=O)N2C)cc1OC. The van der Waals surface area contributed by atoms with Crippen LogP contribution in [-0.4, -0.2) is 83.3 Å². The number of anilines is 1. The zero-order chi connectivity index (χ0) is 29.3. The number of halogens is 1. The lowest BCUT2D eigenvalue weighted by molar-refractivity contribution is -0.134. The summed E-state index contributed by atoms with van der Waals surface area (Å²) in [5, 5.41) is 0.676. The average Bonchev–Trinajstić information content (AvgIpc) is 3.01. The van der Waals surface area contributed by atoms with E-state index in [0.29, 0.717) is 65.3 Å². The number of hydrogen-bond donors (Lipinski definition) is 0. The largest absolute Gasteiger partial charge is 0.493 e. The fraction of sp³-hybridized carbons (Fsp3) is 0.355. The van der Waals surface area contributed by atoms with E-state index in [2.05, 4.69) is 4.90 Å². The maximum atomic E-state index is 14.5. The predicted molar refractivity (Wildman–Crippen MR) is 157 cm³/mol. The molecule has 0 aromatic heterocycles. The molecule has 2 heterocycles. The van der Waals surface area contributed by atoms with Crippen molar-refractivity contribution in [1.29, 1.82) is 0 Å². The maximum Gasteiger partial charge on any atom is 0.254 e. The molecule has 0 spiro atoms. The number of amides is 2. The van der Waals surface area contributed by atoms with E-state index >= 15 is 0 Å². The quantitative estimate of drug-likeness (QED) is 0.404. The van der Waals surface area contributed by atoms with Crippen LogP contribution in [0, 0.1) is 0 Å². The Morgan fingerprint density at radius 3 is 2.07 bits per heavy atom. The molecule has 0 N–H and O–H groups in total. The van der Waals surface area contributed by atoms with E-state index < -0.39 is 12.0 Å². The Morgan fingerprint density at radius 2 is 1.44 bits per heavy atom. The molecule has 5 rings (SSSR count). The molecule has 10 heteroatoms. The second-order valence-corrected chi connectivity index (χ2v) is 10.5. The third kappa shape index (κ3) is 5.22. The number of benzene rings is 3. The van der Waals surface area contributed by atoms with Crippen LogP contribution in [0.4, 0.5) is 5.69 Å². The normalized spacial score (nSPS) is 18.6. The highest BCUT2D eigenvalue weighted by molar-refractivity contribution is 6.30. The zero-order valence-corrected chi connectivity index (χ0v) is 24.6. The maximum absolute atomic E-state index is 14.5. The van der Waals surface area contributed by atoms with Gasteiger partial charge >= 0.3 is 0 Å². The number of likely N-dealkylation sites (N-methyl/N-ethyl adjacent to an activating group) is 1. The van der Waals surface area contributed by atoms with Gasteiger partial charge in [0, 0.05) is 49.5 Å². The predicted octanol–water partition coefficient (Wildman–Crippen LogP) is 4.63. The Kier molecular flexibility index (Phi) is 8.17. The topological polar surface area (TPSA) is 80.8 Å². The number of piperazine rings is 1. The molecule has 3 aromatic carbocycles. The molecule has 1 fully saturated rings. The van der Waals surface area contributed by atoms with Crippen LogP contribution in [0.1, 0.15) is 33.4 Å². The van der Waals surface area contributed by atoms with Crippen molar-refractivity contribution in [2.45, 2.75) is 12.0 Å². The van der Waals surface area contributed by atoms with Crippen molar-refractivity contribution in [2.24, 2.45) is 0 Å². The molecule has 9 nitrogen and oxygen atoms in total. The molecule has 0 bridgehead atoms. The second kappa shape index (κ2) is 11.8. The van der Waals surface area contributed by atoms with Crippen molar-refractivity contribution in [3.63, 3.8) is 0 Å². The molecule has 0 unspecified atom stereocenters. The number of nitrogens with zero attached hydrogens (tertiary/aromatic N) is 3. The van der Waals surface area contributed by atoms with Crippen molar-refractivity contribution >= 4 is 29.1 Å². The van der Waals surface area contributed by atoms with E-state index in [1.54, 1.807) is 51.5 Å². The fourth-order valence-corrected chi connectivity index (χ4v) is 6.01. The molecule has 41 heavy (non-hydrogen) atoms. The first kappa shape index (κ1) is 28.4. The van der Waals surface area contributed by atoms with E-state index in [1.165, 1.54) is 7.11 Å². The van der Waals surface area contributed by atoms with Crippen molar-refractivity contribution in [3.8, 4) is 23.0 Å². The average molecular weight is 580 g/mol. The van der Waals surface area contributed by atoms with E-state index in [4.69, 9.17) is 30.5 Å². The smallest absolute Gasteiger partial charge is 0.254 e. The van der Waals surface area contributed by atoms with Gasteiger partial charge in [-0.2, -0.15) is 0 Å². The molecule has 216 valence electrons. The third-order valence-electron chi connectivity index (χ3n) is 7.95. The number of methoxy groups -OCH3 is 4. The Labute approximate surface area is 245 Å². The lowest BCUT2D eigenvalue weighted by Gasteiger charge is -2.43. The van der Waals surface area contributed by atoms with E-state index in [9.17, 15) is 9.59 Å². The van der Waals surface area contributed by atoms with Gasteiger partial charge in [-0.25, -0.2) is 0 Å². The summed E-state index contributed by atoms with van der Waals surface area (Å²) < 4.78 is 22.1. The van der Waals surface area contributed by atoms with Crippen molar-refractivity contribution in [1.82, 2.24) is 9.80 Å². The van der Waals surface area contributed by atoms with Gasteiger partial charge in [-0.3, -0.25) is 9.59 Å². The standard InChI is InChI=1S/C31H34ClN3O6/c1-33-29(19-9-10-24(38-2)25(15-19)39-3)28(22-17-26(40-4)27(41-5)18-23(22)30(33)36)31(37)35-13-11-34(12-14-35)21-8-6-7-20(32)16-21/h6-10,15-18,28-29H,11-14H2,1-5H3/t28-,29-/m1/s1. The highest BCUT2D eigenvalue weighted by atomic mass is 35.5. The monoisotopic (exact) mass is 579 g/mol. The molecule has 0 aliphatic carbocycles. The second-order valence-electron chi connectivity index (χ2n) is 10.0. The first-order chi connectivity index (χ1) is 19.8. The van der Waals surface area contributed by atoms with Crippen LogP contribution in [0.25, 0.3) is 0 Å². The minimum absolute atomic E-state index is 0.0663. The number of rotatable bonds is 7. The molecule has 3 aromatic rings. The van der Waals surface area contributed by atoms with Gasteiger partial charge in [0.1, 0.15) is 0 Å². The lowest BCUT2D eigenvalue weighted by atomic mass is 9.78. The molecule has 2 aliphatic heterocycles. The molecule has 2 atom stereocenters. The Bertz CT molecular complexity index is 1460. The molecule has 2 amide bonds. The molecule has 0 saturated carbocycles. The first-order valence-corrected chi connectivity index (χ1v) is 13.7. The number of fused-ring (bicyclic) bond motifs is 1. The highest BCUT2D eigenvalue weighted by Gasteiger charge is 2.45. The Balaban J connectivity index is 1.56. The van der Waals surface area contributed by atoms with Crippen molar-refractivity contribution in [3.05, 3.63) is 76.3 Å². The fourth-order valence-electron chi connectivity index (χ4n) is 5.82. The molecule has 0 radical (unpaired) electrons. The third-order valence-corrected chi connectivity index (χ3v) is 8.19. The van der Waals surface area contributed by atoms with Gasteiger partial charge in [0.25, 0.3) is 5.91 Å². The van der Waals surface area contributed by atoms with Crippen molar-refractivity contribution < 1.29 is 28.5 Å². The molecular formula is C31H34ClN3O6. The van der Waals surface area contributed by atoms with E-state index in [1.807, 2.05) is 41.3 Å². The minimum Gasteiger partial charge on any atom is -0.493 e. The van der Waals surface area contributed by atoms with Crippen LogP contribution in [0.15, 0.2) is 54.6 Å². The van der Waals surface area contributed by atoms with Crippen LogP contribution in [0.3, 0.4) is 0 Å². The minimum atomic E-state index is -0.691. The molecule has 2 aliphatic rings. The van der Waals surface area contributed by atoms with Gasteiger partial charge in [-0.15, -0.1) is 0 Å². The van der Waals surface area contributed by atoms with Gasteiger partial charge < -0.3 is 33.6 Å². The summed E-state index contributed by atoms with van der Waals surface area (Å²) in [6.45, 7) is 2.38. The van der Waals surface area contributed by atoms with Gasteiger partial charge in [-0.1, -0.05) is 23.7 Å². The molecular weight excluding hydrogens is 546 g/mol. The number of ether oxygens (including phenoxy) is 4. The number of carbonyl (C=O) groups excluding carboxylic acids is 2. The van der Waals surface area contributed by atoms with Crippen LogP contribution in [0.5, 0.6) is 23.0 Å². The lowest BCUT2D eigenvalue weighted by Crippen LogP contribution is -2.53. The summed E-state index contributed by atoms with van der Waals surface area (Å²) in [6, 6.07) is 16.1. The summed E-state index contributed by atoms with van der Waals surface area (Å²) in [5.41, 5.74) is 2.80. The van der Waals surface area contributed by atoms with Crippen molar-refractivity contribution in [2.75, 3.05) is 66.6 Å². The van der Waals surface area contributed by atoms with Crippen LogP contribution in [-0.2, 0) is 4.79 Å². The van der Waals surface area contributed by atoms with E-state index in [0.717, 1.165) is 11.3 Å².